The van der Waals surface area contributed by atoms with Gasteiger partial charge in [-0.1, -0.05) is 38.1 Å². The maximum Gasteiger partial charge on any atom is 0.0700 e. The smallest absolute Gasteiger partial charge is 0.0700 e. The third kappa shape index (κ3) is 3.24. The summed E-state index contributed by atoms with van der Waals surface area (Å²) in [5.41, 5.74) is 5.08. The summed E-state index contributed by atoms with van der Waals surface area (Å²) < 4.78 is 1.91. The van der Waals surface area contributed by atoms with Crippen LogP contribution in [-0.2, 0) is 20.0 Å². The number of benzene rings is 1. The summed E-state index contributed by atoms with van der Waals surface area (Å²) in [6, 6.07) is 8.60. The van der Waals surface area contributed by atoms with Gasteiger partial charge in [0.2, 0.25) is 0 Å². The lowest BCUT2D eigenvalue weighted by molar-refractivity contribution is 0.676. The van der Waals surface area contributed by atoms with Crippen molar-refractivity contribution in [2.45, 2.75) is 33.2 Å². The van der Waals surface area contributed by atoms with Crippen LogP contribution in [0.1, 0.15) is 31.5 Å². The zero-order valence-corrected chi connectivity index (χ0v) is 12.1. The van der Waals surface area contributed by atoms with E-state index in [0.717, 1.165) is 25.9 Å². The van der Waals surface area contributed by atoms with E-state index in [1.54, 1.807) is 0 Å². The van der Waals surface area contributed by atoms with E-state index in [0.29, 0.717) is 0 Å². The van der Waals surface area contributed by atoms with Gasteiger partial charge >= 0.3 is 0 Å². The van der Waals surface area contributed by atoms with E-state index in [9.17, 15) is 0 Å². The molecule has 0 aliphatic rings. The molecule has 3 nitrogen and oxygen atoms in total. The monoisotopic (exact) mass is 257 g/mol. The first kappa shape index (κ1) is 13.8. The predicted octanol–water partition coefficient (Wildman–Crippen LogP) is 3.15. The van der Waals surface area contributed by atoms with Crippen LogP contribution in [0.5, 0.6) is 0 Å². The Morgan fingerprint density at radius 3 is 2.68 bits per heavy atom. The first-order chi connectivity index (χ1) is 9.26. The maximum absolute atomic E-state index is 4.54. The number of hydrogen-bond acceptors (Lipinski definition) is 2. The fourth-order valence-electron chi connectivity index (χ4n) is 2.36. The quantitative estimate of drug-likeness (QED) is 0.806. The Labute approximate surface area is 115 Å². The minimum Gasteiger partial charge on any atom is -0.313 e. The van der Waals surface area contributed by atoms with Crippen molar-refractivity contribution in [2.24, 2.45) is 7.05 Å². The molecule has 2 rings (SSSR count). The topological polar surface area (TPSA) is 29.9 Å². The lowest BCUT2D eigenvalue weighted by Gasteiger charge is -2.10. The molecule has 19 heavy (non-hydrogen) atoms. The lowest BCUT2D eigenvalue weighted by Crippen LogP contribution is -2.14. The van der Waals surface area contributed by atoms with Crippen molar-refractivity contribution in [1.29, 1.82) is 0 Å². The fraction of sp³-hybridized carbons (Fsp3) is 0.438. The van der Waals surface area contributed by atoms with Crippen molar-refractivity contribution < 1.29 is 0 Å². The molecule has 0 saturated heterocycles. The van der Waals surface area contributed by atoms with E-state index in [1.807, 2.05) is 11.7 Å². The molecular weight excluding hydrogens is 234 g/mol. The number of hydrogen-bond donors (Lipinski definition) is 1. The number of rotatable bonds is 6. The van der Waals surface area contributed by atoms with E-state index >= 15 is 0 Å². The second-order valence-corrected chi connectivity index (χ2v) is 4.85. The molecule has 0 bridgehead atoms. The molecule has 1 aromatic carbocycles. The molecule has 0 spiro atoms. The molecule has 0 atom stereocenters. The molecule has 0 amide bonds. The summed E-state index contributed by atoms with van der Waals surface area (Å²) in [6.07, 6.45) is 4.25. The van der Waals surface area contributed by atoms with E-state index in [-0.39, 0.29) is 0 Å². The van der Waals surface area contributed by atoms with Crippen LogP contribution in [-0.4, -0.2) is 16.3 Å². The summed E-state index contributed by atoms with van der Waals surface area (Å²) in [7, 11) is 1.99. The molecule has 0 radical (unpaired) electrons. The van der Waals surface area contributed by atoms with E-state index in [1.165, 1.54) is 22.4 Å². The highest BCUT2D eigenvalue weighted by Gasteiger charge is 2.11. The largest absolute Gasteiger partial charge is 0.313 e. The van der Waals surface area contributed by atoms with Crippen LogP contribution in [0.2, 0.25) is 0 Å². The highest BCUT2D eigenvalue weighted by molar-refractivity contribution is 5.69. The highest BCUT2D eigenvalue weighted by Crippen LogP contribution is 2.26. The number of aromatic nitrogens is 2. The molecule has 102 valence electrons. The van der Waals surface area contributed by atoms with Gasteiger partial charge in [0.05, 0.1) is 5.69 Å². The maximum atomic E-state index is 4.54. The normalized spacial score (nSPS) is 10.9. The van der Waals surface area contributed by atoms with Gasteiger partial charge < -0.3 is 5.32 Å². The first-order valence-electron chi connectivity index (χ1n) is 7.07. The number of aryl methyl sites for hydroxylation is 2. The van der Waals surface area contributed by atoms with Gasteiger partial charge in [0.15, 0.2) is 0 Å². The first-order valence-corrected chi connectivity index (χ1v) is 7.07. The second-order valence-electron chi connectivity index (χ2n) is 4.85. The molecule has 2 aromatic rings. The van der Waals surface area contributed by atoms with Gasteiger partial charge in [0.25, 0.3) is 0 Å². The van der Waals surface area contributed by atoms with Crippen molar-refractivity contribution in [3.63, 3.8) is 0 Å². The Morgan fingerprint density at radius 2 is 1.95 bits per heavy atom. The van der Waals surface area contributed by atoms with Crippen molar-refractivity contribution in [3.05, 3.63) is 41.7 Å². The van der Waals surface area contributed by atoms with Gasteiger partial charge in [-0.05, 0) is 30.5 Å². The van der Waals surface area contributed by atoms with Crippen LogP contribution in [0, 0.1) is 0 Å². The third-order valence-electron chi connectivity index (χ3n) is 3.29. The van der Waals surface area contributed by atoms with Gasteiger partial charge in [0, 0.05) is 25.4 Å². The Balaban J connectivity index is 2.32. The Hall–Kier alpha value is -1.61. The molecular formula is C16H23N3. The number of nitrogens with one attached hydrogen (secondary N) is 1. The summed E-state index contributed by atoms with van der Waals surface area (Å²) in [5.74, 6) is 0. The van der Waals surface area contributed by atoms with Gasteiger partial charge in [-0.25, -0.2) is 0 Å². The van der Waals surface area contributed by atoms with Gasteiger partial charge in [-0.15, -0.1) is 0 Å². The van der Waals surface area contributed by atoms with Crippen molar-refractivity contribution in [2.75, 3.05) is 6.54 Å². The van der Waals surface area contributed by atoms with Crippen LogP contribution in [0.4, 0.5) is 0 Å². The standard InChI is InChI=1S/C16H23N3/c1-4-10-17-11-13-8-6-7-9-14(13)15-12-19(3)18-16(15)5-2/h6-9,12,17H,4-5,10-11H2,1-3H3. The molecule has 0 unspecified atom stereocenters. The molecule has 0 fully saturated rings. The average molecular weight is 257 g/mol. The molecule has 1 aromatic heterocycles. The summed E-state index contributed by atoms with van der Waals surface area (Å²) in [4.78, 5) is 0. The molecule has 0 saturated carbocycles. The zero-order chi connectivity index (χ0) is 13.7. The minimum absolute atomic E-state index is 0.919. The van der Waals surface area contributed by atoms with Gasteiger partial charge in [-0.2, -0.15) is 5.10 Å². The molecule has 1 heterocycles. The molecule has 0 aliphatic heterocycles. The predicted molar refractivity (Wildman–Crippen MR) is 80.0 cm³/mol. The van der Waals surface area contributed by atoms with Crippen molar-refractivity contribution in [1.82, 2.24) is 15.1 Å². The zero-order valence-electron chi connectivity index (χ0n) is 12.1. The summed E-state index contributed by atoms with van der Waals surface area (Å²) >= 11 is 0. The second kappa shape index (κ2) is 6.53. The van der Waals surface area contributed by atoms with E-state index < -0.39 is 0 Å². The lowest BCUT2D eigenvalue weighted by atomic mass is 9.99. The van der Waals surface area contributed by atoms with Crippen molar-refractivity contribution >= 4 is 0 Å². The fourth-order valence-corrected chi connectivity index (χ4v) is 2.36. The summed E-state index contributed by atoms with van der Waals surface area (Å²) in [6.45, 7) is 6.32. The van der Waals surface area contributed by atoms with E-state index in [4.69, 9.17) is 0 Å². The van der Waals surface area contributed by atoms with Crippen LogP contribution in [0.3, 0.4) is 0 Å². The Bertz CT molecular complexity index is 529. The van der Waals surface area contributed by atoms with Crippen LogP contribution < -0.4 is 5.32 Å². The van der Waals surface area contributed by atoms with Gasteiger partial charge in [0.1, 0.15) is 0 Å². The Morgan fingerprint density at radius 1 is 1.16 bits per heavy atom. The van der Waals surface area contributed by atoms with Crippen LogP contribution in [0.25, 0.3) is 11.1 Å². The molecule has 0 aliphatic carbocycles. The number of nitrogens with zero attached hydrogens (tertiary/aromatic N) is 2. The molecule has 1 N–H and O–H groups in total. The van der Waals surface area contributed by atoms with Crippen LogP contribution >= 0.6 is 0 Å². The van der Waals surface area contributed by atoms with Crippen molar-refractivity contribution in [3.8, 4) is 11.1 Å². The van der Waals surface area contributed by atoms with Gasteiger partial charge in [-0.3, -0.25) is 4.68 Å². The SMILES string of the molecule is CCCNCc1ccccc1-c1cn(C)nc1CC. The van der Waals surface area contributed by atoms with Crippen LogP contribution in [0.15, 0.2) is 30.5 Å². The highest BCUT2D eigenvalue weighted by atomic mass is 15.2. The third-order valence-corrected chi connectivity index (χ3v) is 3.29. The molecule has 3 heteroatoms. The van der Waals surface area contributed by atoms with E-state index in [2.05, 4.69) is 54.7 Å². The average Bonchev–Trinajstić information content (AvgIpc) is 2.81. The Kier molecular flexibility index (Phi) is 4.74. The summed E-state index contributed by atoms with van der Waals surface area (Å²) in [5, 5.41) is 8.02. The minimum atomic E-state index is 0.919.